The van der Waals surface area contributed by atoms with Crippen LogP contribution in [0.2, 0.25) is 0 Å². The highest BCUT2D eigenvalue weighted by molar-refractivity contribution is 5.73. The van der Waals surface area contributed by atoms with E-state index in [9.17, 15) is 4.79 Å². The first kappa shape index (κ1) is 17.1. The molecule has 1 N–H and O–H groups in total. The van der Waals surface area contributed by atoms with Crippen molar-refractivity contribution in [2.45, 2.75) is 33.2 Å². The van der Waals surface area contributed by atoms with Gasteiger partial charge in [-0.25, -0.2) is 9.48 Å². The number of para-hydroxylation sites is 1. The zero-order valence-corrected chi connectivity index (χ0v) is 14.2. The number of carbonyl (C=O) groups excluding carboxylic acids is 1. The molecule has 0 fully saturated rings. The molecule has 0 saturated carbocycles. The van der Waals surface area contributed by atoms with Crippen molar-refractivity contribution in [3.63, 3.8) is 0 Å². The number of carbonyl (C=O) groups is 1. The van der Waals surface area contributed by atoms with Gasteiger partial charge in [-0.3, -0.25) is 0 Å². The fourth-order valence-electron chi connectivity index (χ4n) is 2.35. The van der Waals surface area contributed by atoms with E-state index in [1.807, 2.05) is 41.2 Å². The number of urea groups is 1. The van der Waals surface area contributed by atoms with Crippen LogP contribution in [0.5, 0.6) is 0 Å². The van der Waals surface area contributed by atoms with Gasteiger partial charge < -0.3 is 10.2 Å². The number of rotatable bonds is 7. The van der Waals surface area contributed by atoms with Crippen molar-refractivity contribution in [2.75, 3.05) is 13.6 Å². The van der Waals surface area contributed by atoms with E-state index in [0.717, 1.165) is 30.6 Å². The molecule has 2 amide bonds. The Hall–Kier alpha value is -2.30. The van der Waals surface area contributed by atoms with Crippen LogP contribution in [0.25, 0.3) is 5.69 Å². The lowest BCUT2D eigenvalue weighted by molar-refractivity contribution is 0.206. The molecule has 0 aliphatic heterocycles. The molecular formula is C18H26N4O. The van der Waals surface area contributed by atoms with E-state index in [0.29, 0.717) is 12.5 Å². The van der Waals surface area contributed by atoms with Crippen LogP contribution in [0.4, 0.5) is 4.79 Å². The third-order valence-electron chi connectivity index (χ3n) is 3.66. The van der Waals surface area contributed by atoms with Crippen molar-refractivity contribution >= 4 is 6.03 Å². The summed E-state index contributed by atoms with van der Waals surface area (Å²) < 4.78 is 1.82. The topological polar surface area (TPSA) is 50.2 Å². The van der Waals surface area contributed by atoms with E-state index in [1.54, 1.807) is 18.1 Å². The van der Waals surface area contributed by atoms with E-state index in [1.165, 1.54) is 0 Å². The molecule has 2 aromatic rings. The SMILES string of the molecule is CC(C)CCCNC(=O)N(C)Cc1cnn(-c2ccccc2)c1. The Bertz CT molecular complexity index is 606. The van der Waals surface area contributed by atoms with Gasteiger partial charge in [-0.15, -0.1) is 0 Å². The van der Waals surface area contributed by atoms with Gasteiger partial charge in [0, 0.05) is 25.4 Å². The van der Waals surface area contributed by atoms with Gasteiger partial charge in [0.2, 0.25) is 0 Å². The van der Waals surface area contributed by atoms with E-state index in [-0.39, 0.29) is 6.03 Å². The molecule has 23 heavy (non-hydrogen) atoms. The van der Waals surface area contributed by atoms with Crippen LogP contribution in [-0.4, -0.2) is 34.3 Å². The fourth-order valence-corrected chi connectivity index (χ4v) is 2.35. The highest BCUT2D eigenvalue weighted by atomic mass is 16.2. The summed E-state index contributed by atoms with van der Waals surface area (Å²) in [6, 6.07) is 9.90. The molecule has 0 spiro atoms. The van der Waals surface area contributed by atoms with E-state index < -0.39 is 0 Å². The van der Waals surface area contributed by atoms with Crippen molar-refractivity contribution in [1.29, 1.82) is 0 Å². The molecule has 0 atom stereocenters. The Balaban J connectivity index is 1.82. The smallest absolute Gasteiger partial charge is 0.317 e. The number of amides is 2. The lowest BCUT2D eigenvalue weighted by Gasteiger charge is -2.17. The zero-order chi connectivity index (χ0) is 16.7. The van der Waals surface area contributed by atoms with Gasteiger partial charge >= 0.3 is 6.03 Å². The fraction of sp³-hybridized carbons (Fsp3) is 0.444. The maximum absolute atomic E-state index is 12.1. The minimum atomic E-state index is -0.0405. The highest BCUT2D eigenvalue weighted by Gasteiger charge is 2.10. The van der Waals surface area contributed by atoms with Crippen molar-refractivity contribution in [2.24, 2.45) is 5.92 Å². The second-order valence-electron chi connectivity index (χ2n) is 6.25. The molecule has 0 radical (unpaired) electrons. The van der Waals surface area contributed by atoms with Crippen LogP contribution in [0.15, 0.2) is 42.7 Å². The Labute approximate surface area is 138 Å². The number of hydrogen-bond donors (Lipinski definition) is 1. The maximum Gasteiger partial charge on any atom is 0.317 e. The Morgan fingerprint density at radius 3 is 2.74 bits per heavy atom. The summed E-state index contributed by atoms with van der Waals surface area (Å²) in [6.45, 7) is 5.66. The molecule has 5 nitrogen and oxygen atoms in total. The van der Waals surface area contributed by atoms with Crippen LogP contribution in [0.1, 0.15) is 32.3 Å². The van der Waals surface area contributed by atoms with Crippen LogP contribution in [0, 0.1) is 5.92 Å². The molecule has 2 rings (SSSR count). The van der Waals surface area contributed by atoms with Crippen LogP contribution < -0.4 is 5.32 Å². The lowest BCUT2D eigenvalue weighted by Crippen LogP contribution is -2.37. The van der Waals surface area contributed by atoms with Crippen LogP contribution in [-0.2, 0) is 6.54 Å². The first-order chi connectivity index (χ1) is 11.1. The molecule has 1 aromatic heterocycles. The van der Waals surface area contributed by atoms with Crippen molar-refractivity contribution in [3.8, 4) is 5.69 Å². The predicted octanol–water partition coefficient (Wildman–Crippen LogP) is 3.45. The second-order valence-corrected chi connectivity index (χ2v) is 6.25. The quantitative estimate of drug-likeness (QED) is 0.796. The number of aromatic nitrogens is 2. The van der Waals surface area contributed by atoms with Gasteiger partial charge in [-0.1, -0.05) is 32.0 Å². The zero-order valence-electron chi connectivity index (χ0n) is 14.2. The van der Waals surface area contributed by atoms with Crippen molar-refractivity contribution < 1.29 is 4.79 Å². The summed E-state index contributed by atoms with van der Waals surface area (Å²) in [4.78, 5) is 13.7. The van der Waals surface area contributed by atoms with E-state index in [2.05, 4.69) is 24.3 Å². The third-order valence-corrected chi connectivity index (χ3v) is 3.66. The molecule has 0 unspecified atom stereocenters. The van der Waals surface area contributed by atoms with Gasteiger partial charge in [0.25, 0.3) is 0 Å². The Morgan fingerprint density at radius 2 is 2.04 bits per heavy atom. The Kier molecular flexibility index (Phi) is 6.20. The van der Waals surface area contributed by atoms with Gasteiger partial charge in [0.1, 0.15) is 0 Å². The molecule has 0 saturated heterocycles. The minimum Gasteiger partial charge on any atom is -0.338 e. The molecule has 124 valence electrons. The van der Waals surface area contributed by atoms with E-state index in [4.69, 9.17) is 0 Å². The maximum atomic E-state index is 12.1. The van der Waals surface area contributed by atoms with Crippen molar-refractivity contribution in [1.82, 2.24) is 20.0 Å². The summed E-state index contributed by atoms with van der Waals surface area (Å²) in [5, 5.41) is 7.31. The van der Waals surface area contributed by atoms with E-state index >= 15 is 0 Å². The van der Waals surface area contributed by atoms with Crippen molar-refractivity contribution in [3.05, 3.63) is 48.3 Å². The standard InChI is InChI=1S/C18H26N4O/c1-15(2)8-7-11-19-18(23)21(3)13-16-12-20-22(14-16)17-9-5-4-6-10-17/h4-6,9-10,12,14-15H,7-8,11,13H2,1-3H3,(H,19,23). The molecule has 1 aromatic carbocycles. The highest BCUT2D eigenvalue weighted by Crippen LogP contribution is 2.09. The molecule has 1 heterocycles. The number of benzene rings is 1. The summed E-state index contributed by atoms with van der Waals surface area (Å²) in [6.07, 6.45) is 5.91. The molecule has 0 aliphatic carbocycles. The molecule has 0 bridgehead atoms. The average Bonchev–Trinajstić information content (AvgIpc) is 3.00. The first-order valence-corrected chi connectivity index (χ1v) is 8.14. The molecule has 5 heteroatoms. The summed E-state index contributed by atoms with van der Waals surface area (Å²) in [5.41, 5.74) is 2.02. The average molecular weight is 314 g/mol. The van der Waals surface area contributed by atoms with Crippen LogP contribution in [0.3, 0.4) is 0 Å². The number of hydrogen-bond acceptors (Lipinski definition) is 2. The summed E-state index contributed by atoms with van der Waals surface area (Å²) in [5.74, 6) is 0.674. The second kappa shape index (κ2) is 8.36. The lowest BCUT2D eigenvalue weighted by atomic mass is 10.1. The normalized spacial score (nSPS) is 10.8. The molecular weight excluding hydrogens is 288 g/mol. The van der Waals surface area contributed by atoms with Gasteiger partial charge in [-0.2, -0.15) is 5.10 Å². The third kappa shape index (κ3) is 5.43. The summed E-state index contributed by atoms with van der Waals surface area (Å²) in [7, 11) is 1.80. The van der Waals surface area contributed by atoms with Crippen LogP contribution >= 0.6 is 0 Å². The Morgan fingerprint density at radius 1 is 1.30 bits per heavy atom. The first-order valence-electron chi connectivity index (χ1n) is 8.14. The summed E-state index contributed by atoms with van der Waals surface area (Å²) >= 11 is 0. The molecule has 0 aliphatic rings. The van der Waals surface area contributed by atoms with Gasteiger partial charge in [0.15, 0.2) is 0 Å². The minimum absolute atomic E-state index is 0.0405. The van der Waals surface area contributed by atoms with Gasteiger partial charge in [-0.05, 0) is 30.9 Å². The predicted molar refractivity (Wildman–Crippen MR) is 92.5 cm³/mol. The number of nitrogens with one attached hydrogen (secondary N) is 1. The monoisotopic (exact) mass is 314 g/mol. The largest absolute Gasteiger partial charge is 0.338 e. The van der Waals surface area contributed by atoms with Gasteiger partial charge in [0.05, 0.1) is 18.4 Å². The number of nitrogens with zero attached hydrogens (tertiary/aromatic N) is 3.